The summed E-state index contributed by atoms with van der Waals surface area (Å²) < 4.78 is 25.3. The molecular weight excluding hydrogens is 342 g/mol. The van der Waals surface area contributed by atoms with E-state index in [1.807, 2.05) is 5.38 Å². The zero-order valence-corrected chi connectivity index (χ0v) is 15.3. The number of benzene rings is 1. The van der Waals surface area contributed by atoms with E-state index in [9.17, 15) is 13.2 Å². The Bertz CT molecular complexity index is 812. The average molecular weight is 364 g/mol. The molecule has 1 atom stereocenters. The number of likely N-dealkylation sites (tertiary alicyclic amines) is 1. The smallest absolute Gasteiger partial charge is 0.222 e. The number of hydrogen-bond acceptors (Lipinski definition) is 4. The second kappa shape index (κ2) is 7.07. The van der Waals surface area contributed by atoms with Crippen molar-refractivity contribution in [1.82, 2.24) is 4.90 Å². The first-order chi connectivity index (χ1) is 11.5. The van der Waals surface area contributed by atoms with E-state index < -0.39 is 15.1 Å². The number of nitrogens with zero attached hydrogens (tertiary/aromatic N) is 1. The molecule has 4 nitrogen and oxygen atoms in total. The van der Waals surface area contributed by atoms with Gasteiger partial charge in [-0.05, 0) is 48.9 Å². The van der Waals surface area contributed by atoms with Crippen LogP contribution in [0.2, 0.25) is 0 Å². The lowest BCUT2D eigenvalue weighted by molar-refractivity contribution is -0.130. The van der Waals surface area contributed by atoms with Crippen molar-refractivity contribution in [2.75, 3.05) is 13.1 Å². The number of carbonyl (C=O) groups excluding carboxylic acids is 1. The van der Waals surface area contributed by atoms with Crippen LogP contribution in [0, 0.1) is 6.92 Å². The number of rotatable bonds is 5. The number of amides is 1. The Labute approximate surface area is 147 Å². The van der Waals surface area contributed by atoms with E-state index in [2.05, 4.69) is 13.0 Å². The van der Waals surface area contributed by atoms with Crippen molar-refractivity contribution in [2.45, 2.75) is 36.3 Å². The zero-order chi connectivity index (χ0) is 17.2. The molecule has 1 saturated heterocycles. The van der Waals surface area contributed by atoms with Crippen LogP contribution in [0.5, 0.6) is 0 Å². The van der Waals surface area contributed by atoms with Crippen LogP contribution in [0.15, 0.2) is 46.7 Å². The number of thiophene rings is 1. The Hall–Kier alpha value is -1.66. The van der Waals surface area contributed by atoms with E-state index in [0.717, 1.165) is 6.42 Å². The van der Waals surface area contributed by atoms with Crippen molar-refractivity contribution >= 4 is 27.1 Å². The predicted molar refractivity (Wildman–Crippen MR) is 96.0 cm³/mol. The van der Waals surface area contributed by atoms with Crippen LogP contribution in [-0.4, -0.2) is 37.6 Å². The van der Waals surface area contributed by atoms with Gasteiger partial charge in [0.1, 0.15) is 0 Å². The second-order valence-electron chi connectivity index (χ2n) is 6.14. The standard InChI is InChI=1S/C18H21NO3S2/c1-14-10-12-23-17(14)7-8-18(20)19-11-9-16(13-19)24(21,22)15-5-3-2-4-6-15/h2-6,10,12,16H,7-9,11,13H2,1H3. The summed E-state index contributed by atoms with van der Waals surface area (Å²) in [4.78, 5) is 15.7. The van der Waals surface area contributed by atoms with Crippen LogP contribution in [0.25, 0.3) is 0 Å². The van der Waals surface area contributed by atoms with Gasteiger partial charge in [-0.1, -0.05) is 18.2 Å². The maximum Gasteiger partial charge on any atom is 0.222 e. The average Bonchev–Trinajstić information content (AvgIpc) is 3.23. The Morgan fingerprint density at radius 2 is 2.00 bits per heavy atom. The van der Waals surface area contributed by atoms with Crippen LogP contribution < -0.4 is 0 Å². The first-order valence-electron chi connectivity index (χ1n) is 8.08. The number of carbonyl (C=O) groups is 1. The van der Waals surface area contributed by atoms with Crippen molar-refractivity contribution < 1.29 is 13.2 Å². The molecule has 128 valence electrons. The molecule has 1 aromatic carbocycles. The van der Waals surface area contributed by atoms with Crippen molar-refractivity contribution in [1.29, 1.82) is 0 Å². The Morgan fingerprint density at radius 1 is 1.25 bits per heavy atom. The van der Waals surface area contributed by atoms with Gasteiger partial charge >= 0.3 is 0 Å². The highest BCUT2D eigenvalue weighted by molar-refractivity contribution is 7.92. The van der Waals surface area contributed by atoms with Gasteiger partial charge in [0.2, 0.25) is 5.91 Å². The summed E-state index contributed by atoms with van der Waals surface area (Å²) in [6, 6.07) is 10.6. The highest BCUT2D eigenvalue weighted by atomic mass is 32.2. The van der Waals surface area contributed by atoms with Crippen molar-refractivity contribution in [2.24, 2.45) is 0 Å². The highest BCUT2D eigenvalue weighted by Gasteiger charge is 2.35. The molecule has 1 amide bonds. The molecule has 24 heavy (non-hydrogen) atoms. The summed E-state index contributed by atoms with van der Waals surface area (Å²) in [6.07, 6.45) is 1.69. The number of hydrogen-bond donors (Lipinski definition) is 0. The molecule has 0 aliphatic carbocycles. The lowest BCUT2D eigenvalue weighted by atomic mass is 10.2. The van der Waals surface area contributed by atoms with E-state index in [1.165, 1.54) is 10.4 Å². The van der Waals surface area contributed by atoms with E-state index in [4.69, 9.17) is 0 Å². The summed E-state index contributed by atoms with van der Waals surface area (Å²) in [7, 11) is -3.36. The molecular formula is C18H21NO3S2. The maximum absolute atomic E-state index is 12.7. The number of aryl methyl sites for hydroxylation is 2. The molecule has 0 spiro atoms. The van der Waals surface area contributed by atoms with E-state index in [0.29, 0.717) is 30.8 Å². The first kappa shape index (κ1) is 17.2. The molecule has 0 bridgehead atoms. The van der Waals surface area contributed by atoms with Gasteiger partial charge in [-0.25, -0.2) is 8.42 Å². The Kier molecular flexibility index (Phi) is 5.06. The summed E-state index contributed by atoms with van der Waals surface area (Å²) in [5.41, 5.74) is 1.22. The molecule has 3 rings (SSSR count). The van der Waals surface area contributed by atoms with Gasteiger partial charge < -0.3 is 4.90 Å². The molecule has 1 aliphatic rings. The van der Waals surface area contributed by atoms with E-state index in [-0.39, 0.29) is 5.91 Å². The molecule has 1 aromatic heterocycles. The molecule has 0 saturated carbocycles. The van der Waals surface area contributed by atoms with Crippen LogP contribution in [0.1, 0.15) is 23.3 Å². The van der Waals surface area contributed by atoms with Crippen molar-refractivity contribution in [3.05, 3.63) is 52.2 Å². The summed E-state index contributed by atoms with van der Waals surface area (Å²) in [5, 5.41) is 1.54. The normalized spacial score (nSPS) is 18.0. The van der Waals surface area contributed by atoms with Gasteiger partial charge in [-0.3, -0.25) is 4.79 Å². The highest BCUT2D eigenvalue weighted by Crippen LogP contribution is 2.25. The van der Waals surface area contributed by atoms with Gasteiger partial charge in [0, 0.05) is 24.4 Å². The minimum absolute atomic E-state index is 0.0496. The van der Waals surface area contributed by atoms with E-state index in [1.54, 1.807) is 46.6 Å². The minimum atomic E-state index is -3.36. The van der Waals surface area contributed by atoms with Gasteiger partial charge in [0.15, 0.2) is 9.84 Å². The van der Waals surface area contributed by atoms with Crippen molar-refractivity contribution in [3.63, 3.8) is 0 Å². The van der Waals surface area contributed by atoms with Gasteiger partial charge in [-0.2, -0.15) is 0 Å². The maximum atomic E-state index is 12.7. The lowest BCUT2D eigenvalue weighted by Crippen LogP contribution is -2.32. The Morgan fingerprint density at radius 3 is 2.67 bits per heavy atom. The van der Waals surface area contributed by atoms with Crippen LogP contribution in [-0.2, 0) is 21.1 Å². The fourth-order valence-corrected chi connectivity index (χ4v) is 5.67. The van der Waals surface area contributed by atoms with Crippen LogP contribution in [0.4, 0.5) is 0 Å². The minimum Gasteiger partial charge on any atom is -0.341 e. The van der Waals surface area contributed by atoms with Crippen molar-refractivity contribution in [3.8, 4) is 0 Å². The SMILES string of the molecule is Cc1ccsc1CCC(=O)N1CCC(S(=O)(=O)c2ccccc2)C1. The molecule has 2 aromatic rings. The lowest BCUT2D eigenvalue weighted by Gasteiger charge is -2.17. The second-order valence-corrected chi connectivity index (χ2v) is 9.36. The number of sulfone groups is 1. The summed E-state index contributed by atoms with van der Waals surface area (Å²) >= 11 is 1.67. The third-order valence-electron chi connectivity index (χ3n) is 4.54. The third-order valence-corrected chi connectivity index (χ3v) is 7.82. The van der Waals surface area contributed by atoms with Crippen LogP contribution in [0.3, 0.4) is 0 Å². The molecule has 6 heteroatoms. The quantitative estimate of drug-likeness (QED) is 0.820. The molecule has 1 fully saturated rings. The topological polar surface area (TPSA) is 54.5 Å². The monoisotopic (exact) mass is 363 g/mol. The molecule has 1 unspecified atom stereocenters. The van der Waals surface area contributed by atoms with Gasteiger partial charge in [0.25, 0.3) is 0 Å². The molecule has 1 aliphatic heterocycles. The summed E-state index contributed by atoms with van der Waals surface area (Å²) in [5.74, 6) is 0.0496. The fraction of sp³-hybridized carbons (Fsp3) is 0.389. The predicted octanol–water partition coefficient (Wildman–Crippen LogP) is 3.06. The summed E-state index contributed by atoms with van der Waals surface area (Å²) in [6.45, 7) is 2.88. The molecule has 0 N–H and O–H groups in total. The van der Waals surface area contributed by atoms with Crippen LogP contribution >= 0.6 is 11.3 Å². The fourth-order valence-electron chi connectivity index (χ4n) is 3.05. The third kappa shape index (κ3) is 3.54. The van der Waals surface area contributed by atoms with Gasteiger partial charge in [-0.15, -0.1) is 11.3 Å². The first-order valence-corrected chi connectivity index (χ1v) is 10.5. The zero-order valence-electron chi connectivity index (χ0n) is 13.6. The largest absolute Gasteiger partial charge is 0.341 e. The van der Waals surface area contributed by atoms with E-state index >= 15 is 0 Å². The molecule has 0 radical (unpaired) electrons. The van der Waals surface area contributed by atoms with Gasteiger partial charge in [0.05, 0.1) is 10.1 Å². The Balaban J connectivity index is 1.61. The molecule has 2 heterocycles.